The molecule has 1 aliphatic heterocycles. The van der Waals surface area contributed by atoms with Crippen LogP contribution in [0.2, 0.25) is 5.02 Å². The Bertz CT molecular complexity index is 1150. The van der Waals surface area contributed by atoms with Crippen LogP contribution in [0.4, 0.5) is 4.39 Å². The van der Waals surface area contributed by atoms with E-state index in [0.717, 1.165) is 6.07 Å². The van der Waals surface area contributed by atoms with Gasteiger partial charge in [0.2, 0.25) is 5.49 Å². The van der Waals surface area contributed by atoms with Gasteiger partial charge in [0.05, 0.1) is 16.7 Å². The fourth-order valence-electron chi connectivity index (χ4n) is 3.68. The Labute approximate surface area is 175 Å². The van der Waals surface area contributed by atoms with Gasteiger partial charge in [0.15, 0.2) is 6.23 Å². The van der Waals surface area contributed by atoms with Gasteiger partial charge in [0.1, 0.15) is 42.5 Å². The van der Waals surface area contributed by atoms with E-state index in [4.69, 9.17) is 21.2 Å². The van der Waals surface area contributed by atoms with Crippen molar-refractivity contribution in [1.29, 1.82) is 0 Å². The number of nitrogens with zero attached hydrogens (tertiary/aromatic N) is 3. The Hall–Kier alpha value is -2.50. The van der Waals surface area contributed by atoms with Gasteiger partial charge >= 0.3 is 0 Å². The molecule has 1 fully saturated rings. The Morgan fingerprint density at radius 2 is 2.20 bits per heavy atom. The highest BCUT2D eigenvalue weighted by atomic mass is 35.5. The standard InChI is InChI=1S/C19H20ClFN4O5/c1-19(28)14(27)18(25-6-5-10-16(24-29-2)22-8-23-17(10)25)30-15(19)13(26)9-3-4-11(20)12(21)7-9/h3-8,13-15,18,26-28H,1-2H3,(H,22,23,24)/t13-,14+,15-,18-,19+/m1/s1. The molecule has 0 bridgehead atoms. The summed E-state index contributed by atoms with van der Waals surface area (Å²) in [5.74, 6) is -0.712. The number of aromatic nitrogens is 3. The van der Waals surface area contributed by atoms with E-state index in [1.165, 1.54) is 32.5 Å². The Kier molecular flexibility index (Phi) is 5.28. The molecule has 1 aliphatic rings. The number of ether oxygens (including phenoxy) is 1. The molecule has 1 aromatic carbocycles. The number of H-pyrrole nitrogens is 1. The molecule has 0 saturated carbocycles. The third-order valence-electron chi connectivity index (χ3n) is 5.30. The molecule has 5 atom stereocenters. The quantitative estimate of drug-likeness (QED) is 0.456. The van der Waals surface area contributed by atoms with Crippen molar-refractivity contribution in [1.82, 2.24) is 14.5 Å². The van der Waals surface area contributed by atoms with Crippen molar-refractivity contribution in [2.24, 2.45) is 5.16 Å². The van der Waals surface area contributed by atoms with Gasteiger partial charge in [-0.3, -0.25) is 0 Å². The predicted octanol–water partition coefficient (Wildman–Crippen LogP) is 1.36. The van der Waals surface area contributed by atoms with Gasteiger partial charge in [-0.1, -0.05) is 22.8 Å². The van der Waals surface area contributed by atoms with Crippen molar-refractivity contribution in [2.75, 3.05) is 7.11 Å². The van der Waals surface area contributed by atoms with Crippen molar-refractivity contribution in [3.05, 3.63) is 58.7 Å². The Morgan fingerprint density at radius 3 is 2.90 bits per heavy atom. The fraction of sp³-hybridized carbons (Fsp3) is 0.368. The molecule has 11 heteroatoms. The number of rotatable bonds is 4. The lowest BCUT2D eigenvalue weighted by Crippen LogP contribution is -2.47. The third-order valence-corrected chi connectivity index (χ3v) is 5.61. The summed E-state index contributed by atoms with van der Waals surface area (Å²) >= 11 is 5.70. The molecule has 2 aromatic heterocycles. The summed E-state index contributed by atoms with van der Waals surface area (Å²) in [4.78, 5) is 11.8. The van der Waals surface area contributed by atoms with Gasteiger partial charge in [-0.2, -0.15) is 0 Å². The van der Waals surface area contributed by atoms with Gasteiger partial charge < -0.3 is 34.4 Å². The lowest BCUT2D eigenvalue weighted by atomic mass is 9.88. The van der Waals surface area contributed by atoms with Crippen molar-refractivity contribution < 1.29 is 29.3 Å². The molecule has 4 rings (SSSR count). The molecule has 0 amide bonds. The van der Waals surface area contributed by atoms with Gasteiger partial charge in [0.25, 0.3) is 0 Å². The number of nitrogens with one attached hydrogen (secondary N) is 1. The zero-order valence-corrected chi connectivity index (χ0v) is 16.8. The van der Waals surface area contributed by atoms with Crippen LogP contribution < -0.4 is 5.49 Å². The Morgan fingerprint density at radius 1 is 1.43 bits per heavy atom. The second-order valence-electron chi connectivity index (χ2n) is 7.22. The SMILES string of the molecule is CON=c1nc[nH]c2c1ccn2[C@@H]1O[C@H]([C@H](O)c2ccc(Cl)c(F)c2)[C@@](C)(O)[C@H]1O. The summed E-state index contributed by atoms with van der Waals surface area (Å²) in [5, 5.41) is 36.8. The molecule has 30 heavy (non-hydrogen) atoms. The number of aliphatic hydroxyl groups excluding tert-OH is 2. The van der Waals surface area contributed by atoms with Crippen LogP contribution in [-0.2, 0) is 9.57 Å². The second kappa shape index (κ2) is 7.64. The highest BCUT2D eigenvalue weighted by molar-refractivity contribution is 6.30. The van der Waals surface area contributed by atoms with Crippen LogP contribution >= 0.6 is 11.6 Å². The van der Waals surface area contributed by atoms with E-state index in [2.05, 4.69) is 15.1 Å². The number of hydrogen-bond donors (Lipinski definition) is 4. The van der Waals surface area contributed by atoms with Crippen LogP contribution in [0.5, 0.6) is 0 Å². The number of aliphatic hydroxyl groups is 3. The van der Waals surface area contributed by atoms with Crippen molar-refractivity contribution in [2.45, 2.75) is 37.1 Å². The van der Waals surface area contributed by atoms with E-state index in [1.807, 2.05) is 0 Å². The largest absolute Gasteiger partial charge is 0.397 e. The van der Waals surface area contributed by atoms with Crippen LogP contribution in [0, 0.1) is 5.82 Å². The van der Waals surface area contributed by atoms with Crippen LogP contribution in [0.15, 0.2) is 41.9 Å². The number of benzene rings is 1. The average Bonchev–Trinajstić information content (AvgIpc) is 3.24. The van der Waals surface area contributed by atoms with E-state index in [9.17, 15) is 19.7 Å². The normalized spacial score (nSPS) is 28.2. The topological polar surface area (TPSA) is 125 Å². The monoisotopic (exact) mass is 438 g/mol. The van der Waals surface area contributed by atoms with Crippen LogP contribution in [0.25, 0.3) is 11.0 Å². The summed E-state index contributed by atoms with van der Waals surface area (Å²) < 4.78 is 21.3. The third kappa shape index (κ3) is 3.26. The first-order valence-corrected chi connectivity index (χ1v) is 9.43. The first-order valence-electron chi connectivity index (χ1n) is 9.06. The highest BCUT2D eigenvalue weighted by Gasteiger charge is 2.55. The minimum atomic E-state index is -1.84. The van der Waals surface area contributed by atoms with E-state index >= 15 is 0 Å². The van der Waals surface area contributed by atoms with E-state index in [0.29, 0.717) is 16.5 Å². The van der Waals surface area contributed by atoms with Crippen LogP contribution in [-0.4, -0.2) is 54.8 Å². The second-order valence-corrected chi connectivity index (χ2v) is 7.63. The first-order chi connectivity index (χ1) is 14.3. The molecule has 0 aliphatic carbocycles. The molecule has 9 nitrogen and oxygen atoms in total. The van der Waals surface area contributed by atoms with Crippen molar-refractivity contribution >= 4 is 22.6 Å². The van der Waals surface area contributed by atoms with Crippen LogP contribution in [0.1, 0.15) is 24.8 Å². The number of aromatic amines is 1. The average molecular weight is 439 g/mol. The minimum Gasteiger partial charge on any atom is -0.397 e. The van der Waals surface area contributed by atoms with Crippen molar-refractivity contribution in [3.8, 4) is 0 Å². The predicted molar refractivity (Wildman–Crippen MR) is 104 cm³/mol. The maximum atomic E-state index is 13.8. The fourth-order valence-corrected chi connectivity index (χ4v) is 3.80. The maximum Gasteiger partial charge on any atom is 0.203 e. The molecule has 0 spiro atoms. The van der Waals surface area contributed by atoms with Crippen molar-refractivity contribution in [3.63, 3.8) is 0 Å². The molecular formula is C19H20ClFN4O5. The lowest BCUT2D eigenvalue weighted by Gasteiger charge is -2.29. The number of halogens is 2. The molecule has 4 N–H and O–H groups in total. The van der Waals surface area contributed by atoms with Gasteiger partial charge in [-0.15, -0.1) is 0 Å². The zero-order chi connectivity index (χ0) is 21.6. The smallest absolute Gasteiger partial charge is 0.203 e. The summed E-state index contributed by atoms with van der Waals surface area (Å²) in [5.41, 5.74) is -0.862. The number of hydrogen-bond acceptors (Lipinski definition) is 7. The first kappa shape index (κ1) is 20.8. The summed E-state index contributed by atoms with van der Waals surface area (Å²) in [6, 6.07) is 5.49. The van der Waals surface area contributed by atoms with Gasteiger partial charge in [0, 0.05) is 6.20 Å². The molecule has 0 radical (unpaired) electrons. The highest BCUT2D eigenvalue weighted by Crippen LogP contribution is 2.43. The molecular weight excluding hydrogens is 419 g/mol. The summed E-state index contributed by atoms with van der Waals surface area (Å²) in [6.45, 7) is 1.35. The number of fused-ring (bicyclic) bond motifs is 1. The van der Waals surface area contributed by atoms with Gasteiger partial charge in [-0.25, -0.2) is 9.37 Å². The lowest BCUT2D eigenvalue weighted by molar-refractivity contribution is -0.115. The van der Waals surface area contributed by atoms with E-state index in [1.54, 1.807) is 16.8 Å². The summed E-state index contributed by atoms with van der Waals surface area (Å²) in [6.07, 6.45) is -2.10. The Balaban J connectivity index is 1.72. The summed E-state index contributed by atoms with van der Waals surface area (Å²) in [7, 11) is 1.40. The maximum absolute atomic E-state index is 13.8. The zero-order valence-electron chi connectivity index (χ0n) is 16.0. The molecule has 3 heterocycles. The molecule has 1 saturated heterocycles. The van der Waals surface area contributed by atoms with E-state index in [-0.39, 0.29) is 10.6 Å². The van der Waals surface area contributed by atoms with Crippen LogP contribution in [0.3, 0.4) is 0 Å². The minimum absolute atomic E-state index is 0.0943. The van der Waals surface area contributed by atoms with Gasteiger partial charge in [-0.05, 0) is 30.7 Å². The molecule has 3 aromatic rings. The molecule has 160 valence electrons. The molecule has 0 unspecified atom stereocenters. The van der Waals surface area contributed by atoms with E-state index < -0.39 is 36.0 Å².